The van der Waals surface area contributed by atoms with Crippen molar-refractivity contribution < 1.29 is 4.74 Å². The first kappa shape index (κ1) is 12.6. The number of ether oxygens (including phenoxy) is 1. The molecule has 0 radical (unpaired) electrons. The van der Waals surface area contributed by atoms with Crippen LogP contribution in [0.1, 0.15) is 49.8 Å². The maximum absolute atomic E-state index is 6.24. The maximum Gasteiger partial charge on any atom is 0.0593 e. The van der Waals surface area contributed by atoms with Gasteiger partial charge in [-0.25, -0.2) is 0 Å². The van der Waals surface area contributed by atoms with Crippen molar-refractivity contribution >= 4 is 0 Å². The molecule has 94 valence electrons. The zero-order valence-electron chi connectivity index (χ0n) is 10.7. The quantitative estimate of drug-likeness (QED) is 0.866. The van der Waals surface area contributed by atoms with Gasteiger partial charge in [-0.15, -0.1) is 0 Å². The van der Waals surface area contributed by atoms with Crippen LogP contribution < -0.4 is 5.73 Å². The highest BCUT2D eigenvalue weighted by Gasteiger charge is 2.18. The first-order valence-corrected chi connectivity index (χ1v) is 6.75. The number of aryl methyl sites for hydroxylation is 1. The van der Waals surface area contributed by atoms with E-state index in [1.165, 1.54) is 30.4 Å². The SMILES string of the molecule is CCc1ccc(C(N)CC2CCCCO2)cc1. The Morgan fingerprint density at radius 2 is 2.06 bits per heavy atom. The lowest BCUT2D eigenvalue weighted by atomic mass is 9.96. The summed E-state index contributed by atoms with van der Waals surface area (Å²) in [7, 11) is 0. The first-order valence-electron chi connectivity index (χ1n) is 6.75. The topological polar surface area (TPSA) is 35.2 Å². The molecule has 2 atom stereocenters. The summed E-state index contributed by atoms with van der Waals surface area (Å²) >= 11 is 0. The van der Waals surface area contributed by atoms with Gasteiger partial charge in [0.15, 0.2) is 0 Å². The van der Waals surface area contributed by atoms with Crippen LogP contribution in [0.3, 0.4) is 0 Å². The summed E-state index contributed by atoms with van der Waals surface area (Å²) in [6.07, 6.45) is 6.06. The third-order valence-electron chi connectivity index (χ3n) is 3.61. The molecule has 0 aromatic heterocycles. The summed E-state index contributed by atoms with van der Waals surface area (Å²) in [5.74, 6) is 0. The highest BCUT2D eigenvalue weighted by Crippen LogP contribution is 2.23. The van der Waals surface area contributed by atoms with Gasteiger partial charge in [0, 0.05) is 12.6 Å². The zero-order chi connectivity index (χ0) is 12.1. The van der Waals surface area contributed by atoms with Gasteiger partial charge in [-0.3, -0.25) is 0 Å². The molecular weight excluding hydrogens is 210 g/mol. The second-order valence-corrected chi connectivity index (χ2v) is 4.93. The average Bonchev–Trinajstić information content (AvgIpc) is 2.40. The Bertz CT molecular complexity index is 327. The molecule has 1 aliphatic heterocycles. The van der Waals surface area contributed by atoms with Gasteiger partial charge in [-0.2, -0.15) is 0 Å². The summed E-state index contributed by atoms with van der Waals surface area (Å²) in [6.45, 7) is 3.08. The van der Waals surface area contributed by atoms with E-state index >= 15 is 0 Å². The molecule has 1 aromatic rings. The van der Waals surface area contributed by atoms with E-state index in [2.05, 4.69) is 31.2 Å². The molecule has 2 N–H and O–H groups in total. The number of hydrogen-bond donors (Lipinski definition) is 1. The monoisotopic (exact) mass is 233 g/mol. The van der Waals surface area contributed by atoms with E-state index in [0.717, 1.165) is 19.4 Å². The summed E-state index contributed by atoms with van der Waals surface area (Å²) < 4.78 is 5.73. The zero-order valence-corrected chi connectivity index (χ0v) is 10.7. The molecule has 0 bridgehead atoms. The van der Waals surface area contributed by atoms with Gasteiger partial charge in [0.2, 0.25) is 0 Å². The van der Waals surface area contributed by atoms with E-state index in [1.807, 2.05) is 0 Å². The molecule has 1 fully saturated rings. The molecule has 0 saturated carbocycles. The predicted octanol–water partition coefficient (Wildman–Crippen LogP) is 3.21. The van der Waals surface area contributed by atoms with Crippen LogP contribution in [0.2, 0.25) is 0 Å². The van der Waals surface area contributed by atoms with Crippen LogP contribution in [-0.2, 0) is 11.2 Å². The standard InChI is InChI=1S/C15H23NO/c1-2-12-6-8-13(9-7-12)15(16)11-14-5-3-4-10-17-14/h6-9,14-15H,2-5,10-11,16H2,1H3. The molecule has 2 unspecified atom stereocenters. The minimum absolute atomic E-state index is 0.115. The summed E-state index contributed by atoms with van der Waals surface area (Å²) in [4.78, 5) is 0. The van der Waals surface area contributed by atoms with Gasteiger partial charge >= 0.3 is 0 Å². The molecule has 0 amide bonds. The summed E-state index contributed by atoms with van der Waals surface area (Å²) in [6, 6.07) is 8.79. The van der Waals surface area contributed by atoms with E-state index < -0.39 is 0 Å². The van der Waals surface area contributed by atoms with Crippen molar-refractivity contribution in [3.63, 3.8) is 0 Å². The van der Waals surface area contributed by atoms with E-state index in [4.69, 9.17) is 10.5 Å². The van der Waals surface area contributed by atoms with Crippen molar-refractivity contribution in [2.45, 2.75) is 51.2 Å². The highest BCUT2D eigenvalue weighted by atomic mass is 16.5. The van der Waals surface area contributed by atoms with Crippen molar-refractivity contribution in [1.82, 2.24) is 0 Å². The fourth-order valence-corrected chi connectivity index (χ4v) is 2.41. The van der Waals surface area contributed by atoms with Crippen molar-refractivity contribution in [1.29, 1.82) is 0 Å². The van der Waals surface area contributed by atoms with E-state index in [0.29, 0.717) is 6.10 Å². The second-order valence-electron chi connectivity index (χ2n) is 4.93. The van der Waals surface area contributed by atoms with Gasteiger partial charge in [0.25, 0.3) is 0 Å². The fourth-order valence-electron chi connectivity index (χ4n) is 2.41. The van der Waals surface area contributed by atoms with E-state index in [9.17, 15) is 0 Å². The minimum Gasteiger partial charge on any atom is -0.378 e. The second kappa shape index (κ2) is 6.18. The average molecular weight is 233 g/mol. The molecule has 1 heterocycles. The Balaban J connectivity index is 1.91. The first-order chi connectivity index (χ1) is 8.29. The van der Waals surface area contributed by atoms with Crippen molar-refractivity contribution in [2.24, 2.45) is 5.73 Å². The molecule has 1 aliphatic rings. The molecule has 2 rings (SSSR count). The molecule has 2 heteroatoms. The summed E-state index contributed by atoms with van der Waals surface area (Å²) in [5.41, 5.74) is 8.84. The maximum atomic E-state index is 6.24. The Hall–Kier alpha value is -0.860. The smallest absolute Gasteiger partial charge is 0.0593 e. The molecule has 2 nitrogen and oxygen atoms in total. The van der Waals surface area contributed by atoms with Gasteiger partial charge in [0.05, 0.1) is 6.10 Å². The van der Waals surface area contributed by atoms with Crippen LogP contribution in [0.25, 0.3) is 0 Å². The Kier molecular flexibility index (Phi) is 4.57. The Morgan fingerprint density at radius 3 is 2.65 bits per heavy atom. The highest BCUT2D eigenvalue weighted by molar-refractivity contribution is 5.24. The minimum atomic E-state index is 0.115. The largest absolute Gasteiger partial charge is 0.378 e. The van der Waals surface area contributed by atoms with Gasteiger partial charge in [-0.05, 0) is 43.2 Å². The van der Waals surface area contributed by atoms with E-state index in [1.54, 1.807) is 0 Å². The van der Waals surface area contributed by atoms with Crippen LogP contribution in [0.4, 0.5) is 0 Å². The number of nitrogens with two attached hydrogens (primary N) is 1. The lowest BCUT2D eigenvalue weighted by Gasteiger charge is -2.25. The van der Waals surface area contributed by atoms with Gasteiger partial charge in [0.1, 0.15) is 0 Å². The number of hydrogen-bond acceptors (Lipinski definition) is 2. The third kappa shape index (κ3) is 3.55. The van der Waals surface area contributed by atoms with Crippen LogP contribution in [0, 0.1) is 0 Å². The van der Waals surface area contributed by atoms with Crippen molar-refractivity contribution in [3.8, 4) is 0 Å². The number of rotatable bonds is 4. The van der Waals surface area contributed by atoms with Crippen LogP contribution in [-0.4, -0.2) is 12.7 Å². The Morgan fingerprint density at radius 1 is 1.29 bits per heavy atom. The van der Waals surface area contributed by atoms with Crippen molar-refractivity contribution in [3.05, 3.63) is 35.4 Å². The fraction of sp³-hybridized carbons (Fsp3) is 0.600. The predicted molar refractivity (Wildman–Crippen MR) is 71.0 cm³/mol. The third-order valence-corrected chi connectivity index (χ3v) is 3.61. The van der Waals surface area contributed by atoms with Crippen LogP contribution in [0.5, 0.6) is 0 Å². The molecule has 17 heavy (non-hydrogen) atoms. The van der Waals surface area contributed by atoms with E-state index in [-0.39, 0.29) is 6.04 Å². The van der Waals surface area contributed by atoms with Crippen LogP contribution >= 0.6 is 0 Å². The lowest BCUT2D eigenvalue weighted by molar-refractivity contribution is 0.00729. The van der Waals surface area contributed by atoms with Crippen molar-refractivity contribution in [2.75, 3.05) is 6.61 Å². The lowest BCUT2D eigenvalue weighted by Crippen LogP contribution is -2.24. The molecular formula is C15H23NO. The Labute approximate surface area is 104 Å². The van der Waals surface area contributed by atoms with Gasteiger partial charge < -0.3 is 10.5 Å². The van der Waals surface area contributed by atoms with Crippen LogP contribution in [0.15, 0.2) is 24.3 Å². The molecule has 1 saturated heterocycles. The molecule has 0 spiro atoms. The normalized spacial score (nSPS) is 22.4. The molecule has 0 aliphatic carbocycles. The molecule has 1 aromatic carbocycles. The van der Waals surface area contributed by atoms with Gasteiger partial charge in [-0.1, -0.05) is 31.2 Å². The summed E-state index contributed by atoms with van der Waals surface area (Å²) in [5, 5.41) is 0. The number of benzene rings is 1.